The van der Waals surface area contributed by atoms with Gasteiger partial charge in [-0.3, -0.25) is 0 Å². The molecule has 0 aliphatic heterocycles. The lowest BCUT2D eigenvalue weighted by atomic mass is 10.1. The molecule has 0 amide bonds. The van der Waals surface area contributed by atoms with Gasteiger partial charge in [0.25, 0.3) is 0 Å². The zero-order chi connectivity index (χ0) is 13.6. The molecule has 0 atom stereocenters. The van der Waals surface area contributed by atoms with Crippen molar-refractivity contribution >= 4 is 28.0 Å². The lowest BCUT2D eigenvalue weighted by molar-refractivity contribution is 0.198. The van der Waals surface area contributed by atoms with Crippen molar-refractivity contribution in [2.24, 2.45) is 0 Å². The minimum absolute atomic E-state index is 0.428. The molecule has 0 spiro atoms. The van der Waals surface area contributed by atoms with Gasteiger partial charge < -0.3 is 9.84 Å². The number of rotatable bonds is 1. The van der Waals surface area contributed by atoms with E-state index in [1.165, 1.54) is 11.7 Å². The Hall–Kier alpha value is -2.56. The Balaban J connectivity index is 2.62. The van der Waals surface area contributed by atoms with Crippen LogP contribution in [-0.4, -0.2) is 27.9 Å². The lowest BCUT2D eigenvalue weighted by Gasteiger charge is -2.04. The van der Waals surface area contributed by atoms with Crippen molar-refractivity contribution in [3.63, 3.8) is 0 Å². The molecule has 1 aromatic carbocycles. The van der Waals surface area contributed by atoms with Crippen LogP contribution in [0.4, 0.5) is 4.79 Å². The summed E-state index contributed by atoms with van der Waals surface area (Å²) in [6, 6.07) is 7.40. The Morgan fingerprint density at radius 3 is 2.84 bits per heavy atom. The van der Waals surface area contributed by atoms with Crippen LogP contribution in [0.5, 0.6) is 5.75 Å². The van der Waals surface area contributed by atoms with Crippen LogP contribution in [0.25, 0.3) is 21.9 Å². The van der Waals surface area contributed by atoms with Crippen molar-refractivity contribution in [2.45, 2.75) is 6.92 Å². The number of aryl methyl sites for hydroxylation is 1. The summed E-state index contributed by atoms with van der Waals surface area (Å²) in [6.07, 6.45) is 0.591. The van der Waals surface area contributed by atoms with Crippen molar-refractivity contribution < 1.29 is 14.6 Å². The molecule has 5 nitrogen and oxygen atoms in total. The maximum atomic E-state index is 11.5. The molecule has 19 heavy (non-hydrogen) atoms. The maximum Gasteiger partial charge on any atom is 0.417 e. The Labute approximate surface area is 109 Å². The van der Waals surface area contributed by atoms with E-state index in [2.05, 4.69) is 4.98 Å². The number of carbonyl (C=O) groups is 1. The number of pyridine rings is 1. The number of ether oxygens (including phenoxy) is 1. The summed E-state index contributed by atoms with van der Waals surface area (Å²) in [5, 5.41) is 11.1. The second-order valence-electron chi connectivity index (χ2n) is 4.36. The van der Waals surface area contributed by atoms with Gasteiger partial charge in [-0.15, -0.1) is 0 Å². The van der Waals surface area contributed by atoms with Gasteiger partial charge >= 0.3 is 6.09 Å². The maximum absolute atomic E-state index is 11.5. The Morgan fingerprint density at radius 1 is 1.37 bits per heavy atom. The fourth-order valence-electron chi connectivity index (χ4n) is 2.37. The highest BCUT2D eigenvalue weighted by molar-refractivity contribution is 6.13. The van der Waals surface area contributed by atoms with Crippen molar-refractivity contribution in [3.8, 4) is 5.75 Å². The highest BCUT2D eigenvalue weighted by Gasteiger charge is 2.19. The van der Waals surface area contributed by atoms with Crippen LogP contribution in [0.3, 0.4) is 0 Å². The van der Waals surface area contributed by atoms with Crippen LogP contribution >= 0.6 is 0 Å². The van der Waals surface area contributed by atoms with Gasteiger partial charge in [0.05, 0.1) is 7.11 Å². The first-order valence-corrected chi connectivity index (χ1v) is 5.80. The zero-order valence-corrected chi connectivity index (χ0v) is 10.5. The fourth-order valence-corrected chi connectivity index (χ4v) is 2.37. The number of benzene rings is 1. The number of nitrogens with zero attached hydrogens (tertiary/aromatic N) is 2. The predicted molar refractivity (Wildman–Crippen MR) is 72.0 cm³/mol. The van der Waals surface area contributed by atoms with E-state index in [4.69, 9.17) is 4.74 Å². The molecule has 1 N–H and O–H groups in total. The summed E-state index contributed by atoms with van der Waals surface area (Å²) in [6.45, 7) is 1.93. The van der Waals surface area contributed by atoms with E-state index < -0.39 is 6.09 Å². The summed E-state index contributed by atoms with van der Waals surface area (Å²) < 4.78 is 6.44. The quantitative estimate of drug-likeness (QED) is 0.726. The van der Waals surface area contributed by atoms with E-state index in [-0.39, 0.29) is 0 Å². The van der Waals surface area contributed by atoms with E-state index in [1.54, 1.807) is 12.3 Å². The summed E-state index contributed by atoms with van der Waals surface area (Å²) >= 11 is 0. The number of carboxylic acid groups (broad SMARTS) is 1. The molecule has 3 rings (SSSR count). The fraction of sp³-hybridized carbons (Fsp3) is 0.143. The standard InChI is InChI=1S/C14H12N2O3/c1-8-6-10-9-4-3-5-11(19-2)12(9)16(14(17)18)13(10)15-7-8/h3-7H,1-2H3,(H,17,18). The molecule has 3 aromatic rings. The molecular formula is C14H12N2O3. The molecule has 2 aromatic heterocycles. The molecule has 0 fully saturated rings. The van der Waals surface area contributed by atoms with Crippen LogP contribution in [0.1, 0.15) is 5.56 Å². The van der Waals surface area contributed by atoms with Crippen LogP contribution in [0, 0.1) is 6.92 Å². The Bertz CT molecular complexity index is 805. The largest absolute Gasteiger partial charge is 0.495 e. The minimum Gasteiger partial charge on any atom is -0.495 e. The zero-order valence-electron chi connectivity index (χ0n) is 10.5. The molecule has 0 unspecified atom stereocenters. The Kier molecular flexibility index (Phi) is 2.41. The van der Waals surface area contributed by atoms with Crippen molar-refractivity contribution in [1.82, 2.24) is 9.55 Å². The summed E-state index contributed by atoms with van der Waals surface area (Å²) in [5.41, 5.74) is 1.95. The molecule has 0 aliphatic carbocycles. The predicted octanol–water partition coefficient (Wildman–Crippen LogP) is 3.03. The summed E-state index contributed by atoms with van der Waals surface area (Å²) in [4.78, 5) is 15.8. The highest BCUT2D eigenvalue weighted by Crippen LogP contribution is 2.33. The topological polar surface area (TPSA) is 64.4 Å². The van der Waals surface area contributed by atoms with Gasteiger partial charge in [-0.2, -0.15) is 0 Å². The Morgan fingerprint density at radius 2 is 2.16 bits per heavy atom. The second-order valence-corrected chi connectivity index (χ2v) is 4.36. The van der Waals surface area contributed by atoms with E-state index in [9.17, 15) is 9.90 Å². The first-order valence-electron chi connectivity index (χ1n) is 5.80. The molecule has 0 radical (unpaired) electrons. The third kappa shape index (κ3) is 1.55. The second kappa shape index (κ2) is 3.98. The molecule has 0 aliphatic rings. The van der Waals surface area contributed by atoms with Gasteiger partial charge in [0.1, 0.15) is 11.3 Å². The average molecular weight is 256 g/mol. The van der Waals surface area contributed by atoms with Gasteiger partial charge in [-0.05, 0) is 24.6 Å². The van der Waals surface area contributed by atoms with Gasteiger partial charge in [-0.1, -0.05) is 12.1 Å². The monoisotopic (exact) mass is 256 g/mol. The van der Waals surface area contributed by atoms with E-state index >= 15 is 0 Å². The minimum atomic E-state index is -1.07. The van der Waals surface area contributed by atoms with Crippen molar-refractivity contribution in [1.29, 1.82) is 0 Å². The van der Waals surface area contributed by atoms with Crippen molar-refractivity contribution in [3.05, 3.63) is 36.0 Å². The molecular weight excluding hydrogens is 244 g/mol. The van der Waals surface area contributed by atoms with E-state index in [0.29, 0.717) is 16.9 Å². The van der Waals surface area contributed by atoms with Crippen molar-refractivity contribution in [2.75, 3.05) is 7.11 Å². The van der Waals surface area contributed by atoms with Crippen LogP contribution in [-0.2, 0) is 0 Å². The number of fused-ring (bicyclic) bond motifs is 3. The number of aromatic nitrogens is 2. The van der Waals surface area contributed by atoms with Gasteiger partial charge in [0, 0.05) is 17.0 Å². The summed E-state index contributed by atoms with van der Waals surface area (Å²) in [5.74, 6) is 0.524. The number of hydrogen-bond acceptors (Lipinski definition) is 3. The third-order valence-corrected chi connectivity index (χ3v) is 3.14. The SMILES string of the molecule is COc1cccc2c3cc(C)cnc3n(C(=O)O)c12. The first-order chi connectivity index (χ1) is 9.13. The number of methoxy groups -OCH3 is 1. The van der Waals surface area contributed by atoms with Crippen LogP contribution in [0.2, 0.25) is 0 Å². The number of para-hydroxylation sites is 1. The highest BCUT2D eigenvalue weighted by atomic mass is 16.5. The van der Waals surface area contributed by atoms with Crippen LogP contribution in [0.15, 0.2) is 30.5 Å². The van der Waals surface area contributed by atoms with Gasteiger partial charge in [0.2, 0.25) is 0 Å². The molecule has 0 saturated carbocycles. The normalized spacial score (nSPS) is 11.1. The molecule has 0 bridgehead atoms. The molecule has 5 heteroatoms. The number of hydrogen-bond donors (Lipinski definition) is 1. The average Bonchev–Trinajstić information content (AvgIpc) is 2.72. The molecule has 96 valence electrons. The lowest BCUT2D eigenvalue weighted by Crippen LogP contribution is -2.08. The van der Waals surface area contributed by atoms with E-state index in [0.717, 1.165) is 16.3 Å². The first kappa shape index (κ1) is 11.5. The van der Waals surface area contributed by atoms with Gasteiger partial charge in [-0.25, -0.2) is 14.3 Å². The molecule has 2 heterocycles. The molecule has 0 saturated heterocycles. The summed E-state index contributed by atoms with van der Waals surface area (Å²) in [7, 11) is 1.53. The smallest absolute Gasteiger partial charge is 0.417 e. The van der Waals surface area contributed by atoms with Crippen LogP contribution < -0.4 is 4.74 Å². The third-order valence-electron chi connectivity index (χ3n) is 3.14. The van der Waals surface area contributed by atoms with Gasteiger partial charge in [0.15, 0.2) is 5.65 Å². The van der Waals surface area contributed by atoms with E-state index in [1.807, 2.05) is 25.1 Å².